The molecule has 1 aliphatic heterocycles. The number of fused-ring (bicyclic) bond motifs is 1. The largest absolute Gasteiger partial charge is 0.445 e. The minimum atomic E-state index is -0.750. The number of benzene rings is 4. The SMILES string of the molecule is O=C(N[C@H](Cc1cccc2ccccc12)C(=O)N1CCN(c2ccccc2CNCCc2cccs2)CC1)OCc1ccccc1. The Kier molecular flexibility index (Phi) is 10.6. The summed E-state index contributed by atoms with van der Waals surface area (Å²) in [5.41, 5.74) is 4.36. The van der Waals surface area contributed by atoms with Crippen LogP contribution >= 0.6 is 11.3 Å². The van der Waals surface area contributed by atoms with Gasteiger partial charge < -0.3 is 25.2 Å². The van der Waals surface area contributed by atoms with Crippen molar-refractivity contribution < 1.29 is 14.3 Å². The molecule has 6 rings (SSSR count). The molecule has 7 nitrogen and oxygen atoms in total. The average Bonchev–Trinajstić information content (AvgIpc) is 3.63. The van der Waals surface area contributed by atoms with Crippen LogP contribution in [0.15, 0.2) is 115 Å². The van der Waals surface area contributed by atoms with Gasteiger partial charge in [0.2, 0.25) is 5.91 Å². The van der Waals surface area contributed by atoms with Crippen molar-refractivity contribution in [2.45, 2.75) is 32.0 Å². The van der Waals surface area contributed by atoms with Crippen LogP contribution in [0.25, 0.3) is 10.8 Å². The third kappa shape index (κ3) is 8.13. The molecule has 2 N–H and O–H groups in total. The van der Waals surface area contributed by atoms with Gasteiger partial charge >= 0.3 is 6.09 Å². The first-order valence-corrected chi connectivity index (χ1v) is 16.8. The van der Waals surface area contributed by atoms with Crippen LogP contribution in [0.5, 0.6) is 0 Å². The number of amides is 2. The van der Waals surface area contributed by atoms with Gasteiger partial charge in [0.05, 0.1) is 0 Å². The van der Waals surface area contributed by atoms with E-state index in [0.717, 1.165) is 54.5 Å². The first kappa shape index (κ1) is 31.3. The van der Waals surface area contributed by atoms with Crippen LogP contribution in [0, 0.1) is 0 Å². The van der Waals surface area contributed by atoms with Crippen LogP contribution in [0.2, 0.25) is 0 Å². The van der Waals surface area contributed by atoms with Crippen molar-refractivity contribution in [3.63, 3.8) is 0 Å². The Morgan fingerprint density at radius 2 is 1.52 bits per heavy atom. The Hall–Kier alpha value is -4.66. The van der Waals surface area contributed by atoms with E-state index in [1.165, 1.54) is 16.1 Å². The Bertz CT molecular complexity index is 1710. The molecule has 1 atom stereocenters. The molecule has 0 saturated carbocycles. The lowest BCUT2D eigenvalue weighted by molar-refractivity contribution is -0.133. The molecule has 236 valence electrons. The van der Waals surface area contributed by atoms with E-state index >= 15 is 0 Å². The van der Waals surface area contributed by atoms with Crippen molar-refractivity contribution in [2.24, 2.45) is 0 Å². The maximum Gasteiger partial charge on any atom is 0.408 e. The standard InChI is InChI=1S/C38H40N4O3S/c43-37(42-23-21-41(22-24-42)36-18-7-5-13-32(36)27-39-20-19-33-16-9-25-46-33)35(40-38(44)45-28-29-10-2-1-3-11-29)26-31-15-8-14-30-12-4-6-17-34(30)31/h1-18,25,35,39H,19-24,26-28H2,(H,40,44)/t35-/m1/s1. The summed E-state index contributed by atoms with van der Waals surface area (Å²) in [5.74, 6) is -0.0900. The Labute approximate surface area is 274 Å². The van der Waals surface area contributed by atoms with E-state index in [0.29, 0.717) is 19.5 Å². The van der Waals surface area contributed by atoms with Gasteiger partial charge in [-0.25, -0.2) is 4.79 Å². The number of piperazine rings is 1. The number of nitrogens with one attached hydrogen (secondary N) is 2. The zero-order chi connectivity index (χ0) is 31.6. The number of para-hydroxylation sites is 1. The topological polar surface area (TPSA) is 73.9 Å². The van der Waals surface area contributed by atoms with Gasteiger partial charge in [0, 0.05) is 56.3 Å². The highest BCUT2D eigenvalue weighted by atomic mass is 32.1. The fourth-order valence-electron chi connectivity index (χ4n) is 6.04. The van der Waals surface area contributed by atoms with E-state index in [4.69, 9.17) is 4.74 Å². The number of anilines is 1. The van der Waals surface area contributed by atoms with E-state index in [2.05, 4.69) is 75.5 Å². The number of hydrogen-bond donors (Lipinski definition) is 2. The molecule has 1 fully saturated rings. The molecule has 2 amide bonds. The molecular formula is C38H40N4O3S. The zero-order valence-corrected chi connectivity index (χ0v) is 26.8. The molecule has 5 aromatic rings. The molecule has 0 radical (unpaired) electrons. The monoisotopic (exact) mass is 632 g/mol. The van der Waals surface area contributed by atoms with Crippen molar-refractivity contribution in [3.05, 3.63) is 136 Å². The minimum absolute atomic E-state index is 0.0900. The highest BCUT2D eigenvalue weighted by Gasteiger charge is 2.30. The first-order valence-electron chi connectivity index (χ1n) is 15.9. The van der Waals surface area contributed by atoms with E-state index < -0.39 is 12.1 Å². The highest BCUT2D eigenvalue weighted by Crippen LogP contribution is 2.24. The zero-order valence-electron chi connectivity index (χ0n) is 25.9. The Morgan fingerprint density at radius 3 is 2.35 bits per heavy atom. The van der Waals surface area contributed by atoms with Gasteiger partial charge in [-0.2, -0.15) is 0 Å². The normalized spacial score (nSPS) is 13.8. The molecule has 2 heterocycles. The number of carbonyl (C=O) groups excluding carboxylic acids is 2. The molecular weight excluding hydrogens is 593 g/mol. The van der Waals surface area contributed by atoms with Gasteiger partial charge in [0.25, 0.3) is 0 Å². The summed E-state index contributed by atoms with van der Waals surface area (Å²) >= 11 is 1.79. The van der Waals surface area contributed by atoms with E-state index in [9.17, 15) is 9.59 Å². The number of alkyl carbamates (subject to hydrolysis) is 1. The lowest BCUT2D eigenvalue weighted by Crippen LogP contribution is -2.55. The fraction of sp³-hybridized carbons (Fsp3) is 0.263. The van der Waals surface area contributed by atoms with E-state index in [1.807, 2.05) is 59.5 Å². The van der Waals surface area contributed by atoms with Gasteiger partial charge in [-0.3, -0.25) is 4.79 Å². The van der Waals surface area contributed by atoms with Crippen LogP contribution in [0.3, 0.4) is 0 Å². The van der Waals surface area contributed by atoms with Crippen LogP contribution in [0.1, 0.15) is 21.6 Å². The number of hydrogen-bond acceptors (Lipinski definition) is 6. The maximum absolute atomic E-state index is 14.1. The molecule has 1 aromatic heterocycles. The molecule has 46 heavy (non-hydrogen) atoms. The third-order valence-corrected chi connectivity index (χ3v) is 9.41. The summed E-state index contributed by atoms with van der Waals surface area (Å²) in [4.78, 5) is 32.7. The molecule has 1 saturated heterocycles. The quantitative estimate of drug-likeness (QED) is 0.155. The van der Waals surface area contributed by atoms with E-state index in [-0.39, 0.29) is 12.5 Å². The summed E-state index contributed by atoms with van der Waals surface area (Å²) in [6, 6.07) is 35.8. The second kappa shape index (κ2) is 15.6. The fourth-order valence-corrected chi connectivity index (χ4v) is 6.75. The molecule has 0 aliphatic carbocycles. The second-order valence-electron chi connectivity index (χ2n) is 11.5. The minimum Gasteiger partial charge on any atom is -0.445 e. The number of rotatable bonds is 12. The molecule has 1 aliphatic rings. The molecule has 0 unspecified atom stereocenters. The van der Waals surface area contributed by atoms with E-state index in [1.54, 1.807) is 11.3 Å². The van der Waals surface area contributed by atoms with Gasteiger partial charge in [-0.05, 0) is 51.4 Å². The van der Waals surface area contributed by atoms with Crippen molar-refractivity contribution in [1.29, 1.82) is 0 Å². The Morgan fingerprint density at radius 1 is 0.783 bits per heavy atom. The second-order valence-corrected chi connectivity index (χ2v) is 12.6. The van der Waals surface area contributed by atoms with Crippen LogP contribution < -0.4 is 15.5 Å². The van der Waals surface area contributed by atoms with Crippen LogP contribution in [-0.4, -0.2) is 55.7 Å². The van der Waals surface area contributed by atoms with Crippen molar-refractivity contribution in [1.82, 2.24) is 15.5 Å². The van der Waals surface area contributed by atoms with Crippen LogP contribution in [0.4, 0.5) is 10.5 Å². The molecule has 4 aromatic carbocycles. The predicted molar refractivity (Wildman–Crippen MR) is 186 cm³/mol. The third-order valence-electron chi connectivity index (χ3n) is 8.47. The molecule has 8 heteroatoms. The maximum atomic E-state index is 14.1. The lowest BCUT2D eigenvalue weighted by Gasteiger charge is -2.38. The number of nitrogens with zero attached hydrogens (tertiary/aromatic N) is 2. The highest BCUT2D eigenvalue weighted by molar-refractivity contribution is 7.09. The van der Waals surface area contributed by atoms with Gasteiger partial charge in [0.1, 0.15) is 12.6 Å². The summed E-state index contributed by atoms with van der Waals surface area (Å²) in [6.45, 7) is 4.45. The number of thiophene rings is 1. The summed E-state index contributed by atoms with van der Waals surface area (Å²) in [6.07, 6.45) is 0.802. The van der Waals surface area contributed by atoms with Crippen molar-refractivity contribution in [3.8, 4) is 0 Å². The predicted octanol–water partition coefficient (Wildman–Crippen LogP) is 6.42. The van der Waals surface area contributed by atoms with Crippen LogP contribution in [-0.2, 0) is 35.5 Å². The van der Waals surface area contributed by atoms with Gasteiger partial charge in [0.15, 0.2) is 0 Å². The summed E-state index contributed by atoms with van der Waals surface area (Å²) in [7, 11) is 0. The number of ether oxygens (including phenoxy) is 1. The molecule has 0 spiro atoms. The molecule has 0 bridgehead atoms. The van der Waals surface area contributed by atoms with Gasteiger partial charge in [-0.15, -0.1) is 11.3 Å². The van der Waals surface area contributed by atoms with Crippen molar-refractivity contribution >= 4 is 39.8 Å². The lowest BCUT2D eigenvalue weighted by atomic mass is 9.98. The average molecular weight is 633 g/mol. The van der Waals surface area contributed by atoms with Gasteiger partial charge in [-0.1, -0.05) is 97.1 Å². The summed E-state index contributed by atoms with van der Waals surface area (Å²) < 4.78 is 5.54. The smallest absolute Gasteiger partial charge is 0.408 e. The van der Waals surface area contributed by atoms with Crippen molar-refractivity contribution in [2.75, 3.05) is 37.6 Å². The summed E-state index contributed by atoms with van der Waals surface area (Å²) in [5, 5.41) is 10.8. The first-order chi connectivity index (χ1) is 22.6. The Balaban J connectivity index is 1.10. The number of carbonyl (C=O) groups is 2.